The number of hydrogen-bond donors (Lipinski definition) is 2. The van der Waals surface area contributed by atoms with Crippen molar-refractivity contribution in [3.63, 3.8) is 0 Å². The molecule has 1 aromatic carbocycles. The van der Waals surface area contributed by atoms with Gasteiger partial charge in [0.15, 0.2) is 0 Å². The van der Waals surface area contributed by atoms with Crippen molar-refractivity contribution >= 4 is 16.8 Å². The first kappa shape index (κ1) is 15.1. The van der Waals surface area contributed by atoms with E-state index < -0.39 is 0 Å². The Bertz CT molecular complexity index is 999. The van der Waals surface area contributed by atoms with Crippen LogP contribution in [0.15, 0.2) is 61.1 Å². The van der Waals surface area contributed by atoms with E-state index in [1.165, 1.54) is 0 Å². The van der Waals surface area contributed by atoms with E-state index in [0.717, 1.165) is 22.2 Å². The Balaban J connectivity index is 1.55. The van der Waals surface area contributed by atoms with Crippen LogP contribution < -0.4 is 5.32 Å². The van der Waals surface area contributed by atoms with Gasteiger partial charge in [-0.25, -0.2) is 0 Å². The van der Waals surface area contributed by atoms with Gasteiger partial charge in [-0.15, -0.1) is 0 Å². The quantitative estimate of drug-likeness (QED) is 0.604. The van der Waals surface area contributed by atoms with Crippen LogP contribution in [-0.2, 0) is 13.6 Å². The SMILES string of the molecule is Cn1cc(C(=O)NCc2cc3ccccc3[nH]2)c(-c2cccnc2)n1. The van der Waals surface area contributed by atoms with E-state index in [4.69, 9.17) is 0 Å². The maximum absolute atomic E-state index is 12.6. The third-order valence-corrected chi connectivity index (χ3v) is 4.03. The van der Waals surface area contributed by atoms with Crippen LogP contribution in [0.2, 0.25) is 0 Å². The highest BCUT2D eigenvalue weighted by atomic mass is 16.1. The molecule has 0 aliphatic rings. The van der Waals surface area contributed by atoms with Crippen LogP contribution in [-0.4, -0.2) is 25.7 Å². The number of H-pyrrole nitrogens is 1. The van der Waals surface area contributed by atoms with Gasteiger partial charge in [-0.2, -0.15) is 5.10 Å². The molecule has 4 aromatic rings. The van der Waals surface area contributed by atoms with E-state index in [9.17, 15) is 4.79 Å². The number of aromatic nitrogens is 4. The molecule has 25 heavy (non-hydrogen) atoms. The maximum atomic E-state index is 12.6. The number of fused-ring (bicyclic) bond motifs is 1. The molecule has 3 heterocycles. The lowest BCUT2D eigenvalue weighted by atomic mass is 10.1. The molecular formula is C19H17N5O. The number of carbonyl (C=O) groups excluding carboxylic acids is 1. The molecule has 0 bridgehead atoms. The molecule has 0 unspecified atom stereocenters. The van der Waals surface area contributed by atoms with Gasteiger partial charge < -0.3 is 10.3 Å². The maximum Gasteiger partial charge on any atom is 0.255 e. The fraction of sp³-hybridized carbons (Fsp3) is 0.105. The summed E-state index contributed by atoms with van der Waals surface area (Å²) >= 11 is 0. The normalized spacial score (nSPS) is 10.9. The van der Waals surface area contributed by atoms with Gasteiger partial charge in [-0.3, -0.25) is 14.5 Å². The highest BCUT2D eigenvalue weighted by Gasteiger charge is 2.17. The van der Waals surface area contributed by atoms with E-state index in [2.05, 4.69) is 20.4 Å². The molecule has 0 aliphatic carbocycles. The third-order valence-electron chi connectivity index (χ3n) is 4.03. The van der Waals surface area contributed by atoms with Crippen molar-refractivity contribution in [3.05, 3.63) is 72.3 Å². The minimum Gasteiger partial charge on any atom is -0.357 e. The van der Waals surface area contributed by atoms with Crippen LogP contribution in [0.4, 0.5) is 0 Å². The lowest BCUT2D eigenvalue weighted by Crippen LogP contribution is -2.23. The Kier molecular flexibility index (Phi) is 3.78. The van der Waals surface area contributed by atoms with Gasteiger partial charge in [-0.1, -0.05) is 18.2 Å². The Morgan fingerprint density at radius 2 is 2.12 bits per heavy atom. The molecule has 0 aliphatic heterocycles. The molecule has 0 radical (unpaired) electrons. The number of para-hydroxylation sites is 1. The van der Waals surface area contributed by atoms with Crippen LogP contribution in [0, 0.1) is 0 Å². The van der Waals surface area contributed by atoms with Crippen molar-refractivity contribution in [2.45, 2.75) is 6.54 Å². The van der Waals surface area contributed by atoms with Crippen molar-refractivity contribution in [1.29, 1.82) is 0 Å². The average molecular weight is 331 g/mol. The van der Waals surface area contributed by atoms with Gasteiger partial charge in [0.25, 0.3) is 5.91 Å². The molecule has 2 N–H and O–H groups in total. The Hall–Kier alpha value is -3.41. The second-order valence-electron chi connectivity index (χ2n) is 5.87. The van der Waals surface area contributed by atoms with Crippen LogP contribution in [0.5, 0.6) is 0 Å². The summed E-state index contributed by atoms with van der Waals surface area (Å²) in [4.78, 5) is 20.1. The number of hydrogen-bond acceptors (Lipinski definition) is 3. The summed E-state index contributed by atoms with van der Waals surface area (Å²) in [7, 11) is 1.80. The van der Waals surface area contributed by atoms with Gasteiger partial charge in [-0.05, 0) is 29.7 Å². The number of pyridine rings is 1. The Morgan fingerprint density at radius 1 is 1.24 bits per heavy atom. The molecular weight excluding hydrogens is 314 g/mol. The van der Waals surface area contributed by atoms with E-state index in [-0.39, 0.29) is 5.91 Å². The van der Waals surface area contributed by atoms with Gasteiger partial charge in [0.1, 0.15) is 5.69 Å². The highest BCUT2D eigenvalue weighted by molar-refractivity contribution is 5.99. The monoisotopic (exact) mass is 331 g/mol. The molecule has 0 saturated heterocycles. The lowest BCUT2D eigenvalue weighted by molar-refractivity contribution is 0.0951. The Labute approximate surface area is 144 Å². The number of nitrogens with zero attached hydrogens (tertiary/aromatic N) is 3. The number of benzene rings is 1. The molecule has 6 nitrogen and oxygen atoms in total. The lowest BCUT2D eigenvalue weighted by Gasteiger charge is -2.04. The zero-order valence-corrected chi connectivity index (χ0v) is 13.7. The first-order valence-corrected chi connectivity index (χ1v) is 7.99. The van der Waals surface area contributed by atoms with Crippen molar-refractivity contribution in [3.8, 4) is 11.3 Å². The van der Waals surface area contributed by atoms with Crippen LogP contribution in [0.1, 0.15) is 16.1 Å². The van der Waals surface area contributed by atoms with E-state index in [0.29, 0.717) is 17.8 Å². The van der Waals surface area contributed by atoms with Crippen LogP contribution in [0.25, 0.3) is 22.2 Å². The molecule has 3 aromatic heterocycles. The highest BCUT2D eigenvalue weighted by Crippen LogP contribution is 2.21. The van der Waals surface area contributed by atoms with Crippen LogP contribution >= 0.6 is 0 Å². The third kappa shape index (κ3) is 3.01. The first-order valence-electron chi connectivity index (χ1n) is 7.99. The summed E-state index contributed by atoms with van der Waals surface area (Å²) in [6.45, 7) is 0.425. The van der Waals surface area contributed by atoms with Gasteiger partial charge >= 0.3 is 0 Å². The second kappa shape index (κ2) is 6.24. The largest absolute Gasteiger partial charge is 0.357 e. The van der Waals surface area contributed by atoms with Crippen molar-refractivity contribution in [2.75, 3.05) is 0 Å². The summed E-state index contributed by atoms with van der Waals surface area (Å²) in [6.07, 6.45) is 5.13. The summed E-state index contributed by atoms with van der Waals surface area (Å²) in [5, 5.41) is 8.48. The van der Waals surface area contributed by atoms with E-state index >= 15 is 0 Å². The van der Waals surface area contributed by atoms with Crippen molar-refractivity contribution < 1.29 is 4.79 Å². The van der Waals surface area contributed by atoms with Crippen molar-refractivity contribution in [1.82, 2.24) is 25.1 Å². The average Bonchev–Trinajstić information content (AvgIpc) is 3.23. The first-order chi connectivity index (χ1) is 12.2. The number of carbonyl (C=O) groups is 1. The molecule has 0 saturated carbocycles. The van der Waals surface area contributed by atoms with Gasteiger partial charge in [0.05, 0.1) is 12.1 Å². The Morgan fingerprint density at radius 3 is 2.92 bits per heavy atom. The topological polar surface area (TPSA) is 75.6 Å². The molecule has 124 valence electrons. The zero-order valence-electron chi connectivity index (χ0n) is 13.7. The van der Waals surface area contributed by atoms with Gasteiger partial charge in [0, 0.05) is 42.4 Å². The van der Waals surface area contributed by atoms with Crippen LogP contribution in [0.3, 0.4) is 0 Å². The number of rotatable bonds is 4. The minimum absolute atomic E-state index is 0.161. The fourth-order valence-electron chi connectivity index (χ4n) is 2.87. The predicted octanol–water partition coefficient (Wildman–Crippen LogP) is 2.89. The summed E-state index contributed by atoms with van der Waals surface area (Å²) < 4.78 is 1.64. The summed E-state index contributed by atoms with van der Waals surface area (Å²) in [5.41, 5.74) is 4.00. The zero-order chi connectivity index (χ0) is 17.2. The molecule has 4 rings (SSSR count). The molecule has 1 amide bonds. The predicted molar refractivity (Wildman–Crippen MR) is 95.9 cm³/mol. The number of amides is 1. The summed E-state index contributed by atoms with van der Waals surface area (Å²) in [5.74, 6) is -0.161. The van der Waals surface area contributed by atoms with Crippen molar-refractivity contribution in [2.24, 2.45) is 7.05 Å². The molecule has 0 spiro atoms. The molecule has 6 heteroatoms. The number of nitrogens with one attached hydrogen (secondary N) is 2. The molecule has 0 fully saturated rings. The standard InChI is InChI=1S/C19H17N5O/c1-24-12-16(18(23-24)14-6-4-8-20-10-14)19(25)21-11-15-9-13-5-2-3-7-17(13)22-15/h2-10,12,22H,11H2,1H3,(H,21,25). The van der Waals surface area contributed by atoms with E-state index in [1.807, 2.05) is 42.5 Å². The van der Waals surface area contributed by atoms with Gasteiger partial charge in [0.2, 0.25) is 0 Å². The smallest absolute Gasteiger partial charge is 0.255 e. The minimum atomic E-state index is -0.161. The summed E-state index contributed by atoms with van der Waals surface area (Å²) in [6, 6.07) is 13.8. The number of aryl methyl sites for hydroxylation is 1. The molecule has 0 atom stereocenters. The number of aromatic amines is 1. The van der Waals surface area contributed by atoms with E-state index in [1.54, 1.807) is 30.3 Å². The fourth-order valence-corrected chi connectivity index (χ4v) is 2.87. The second-order valence-corrected chi connectivity index (χ2v) is 5.87.